The molecule has 0 bridgehead atoms. The molecule has 0 unspecified atom stereocenters. The molecule has 2 aromatic heterocycles. The third-order valence-electron chi connectivity index (χ3n) is 5.70. The Bertz CT molecular complexity index is 1150. The van der Waals surface area contributed by atoms with Gasteiger partial charge >= 0.3 is 0 Å². The predicted molar refractivity (Wildman–Crippen MR) is 106 cm³/mol. The van der Waals surface area contributed by atoms with Crippen molar-refractivity contribution in [3.63, 3.8) is 0 Å². The maximum absolute atomic E-state index is 13.2. The summed E-state index contributed by atoms with van der Waals surface area (Å²) in [7, 11) is 0. The van der Waals surface area contributed by atoms with Crippen molar-refractivity contribution in [3.8, 4) is 5.95 Å². The van der Waals surface area contributed by atoms with Crippen LogP contribution in [0.25, 0.3) is 17.0 Å². The minimum Gasteiger partial charge on any atom is -0.322 e. The van der Waals surface area contributed by atoms with Crippen molar-refractivity contribution in [2.24, 2.45) is 0 Å². The molecule has 2 heterocycles. The molecule has 0 aliphatic heterocycles. The van der Waals surface area contributed by atoms with Gasteiger partial charge in [-0.1, -0.05) is 30.7 Å². The van der Waals surface area contributed by atoms with Crippen molar-refractivity contribution in [1.29, 1.82) is 0 Å². The zero-order chi connectivity index (χ0) is 19.1. The summed E-state index contributed by atoms with van der Waals surface area (Å²) in [5.41, 5.74) is 4.54. The normalized spacial score (nSPS) is 14.5. The number of aryl methyl sites for hydroxylation is 1. The maximum atomic E-state index is 13.2. The van der Waals surface area contributed by atoms with E-state index >= 15 is 0 Å². The Labute approximate surface area is 161 Å². The Morgan fingerprint density at radius 1 is 1.07 bits per heavy atom. The van der Waals surface area contributed by atoms with Crippen LogP contribution in [0.3, 0.4) is 0 Å². The summed E-state index contributed by atoms with van der Waals surface area (Å²) in [6.45, 7) is 0. The number of aromatic amines is 2. The van der Waals surface area contributed by atoms with Crippen LogP contribution in [0.1, 0.15) is 42.0 Å². The maximum Gasteiger partial charge on any atom is 0.277 e. The molecular formula is C22H21FN4O. The van der Waals surface area contributed by atoms with Crippen LogP contribution in [0.4, 0.5) is 4.39 Å². The third-order valence-corrected chi connectivity index (χ3v) is 5.70. The first kappa shape index (κ1) is 17.0. The van der Waals surface area contributed by atoms with Gasteiger partial charge in [-0.25, -0.2) is 9.37 Å². The number of aromatic nitrogens is 4. The Balaban J connectivity index is 1.52. The number of nitrogens with zero attached hydrogens (tertiary/aromatic N) is 2. The van der Waals surface area contributed by atoms with Crippen molar-refractivity contribution in [2.45, 2.75) is 38.0 Å². The lowest BCUT2D eigenvalue weighted by Crippen LogP contribution is -2.19. The van der Waals surface area contributed by atoms with Crippen LogP contribution in [-0.2, 0) is 12.8 Å². The van der Waals surface area contributed by atoms with Crippen LogP contribution in [0.15, 0.2) is 53.3 Å². The molecule has 142 valence electrons. The highest BCUT2D eigenvalue weighted by Crippen LogP contribution is 2.36. The fraction of sp³-hybridized carbons (Fsp3) is 0.273. The molecule has 6 heteroatoms. The molecule has 4 aromatic rings. The van der Waals surface area contributed by atoms with Gasteiger partial charge in [0, 0.05) is 17.2 Å². The predicted octanol–water partition coefficient (Wildman–Crippen LogP) is 4.23. The molecular weight excluding hydrogens is 355 g/mol. The van der Waals surface area contributed by atoms with Gasteiger partial charge in [-0.3, -0.25) is 9.89 Å². The lowest BCUT2D eigenvalue weighted by atomic mass is 9.81. The number of halogens is 1. The number of benzene rings is 2. The molecule has 28 heavy (non-hydrogen) atoms. The van der Waals surface area contributed by atoms with Gasteiger partial charge in [-0.2, -0.15) is 4.68 Å². The van der Waals surface area contributed by atoms with Gasteiger partial charge in [0.1, 0.15) is 5.82 Å². The van der Waals surface area contributed by atoms with E-state index in [2.05, 4.69) is 15.1 Å². The summed E-state index contributed by atoms with van der Waals surface area (Å²) < 4.78 is 14.7. The van der Waals surface area contributed by atoms with Crippen molar-refractivity contribution >= 4 is 11.0 Å². The van der Waals surface area contributed by atoms with E-state index in [9.17, 15) is 9.18 Å². The number of nitrogens with one attached hydrogen (secondary N) is 2. The molecule has 2 N–H and O–H groups in total. The largest absolute Gasteiger partial charge is 0.322 e. The molecule has 1 aliphatic rings. The molecule has 1 saturated carbocycles. The Morgan fingerprint density at radius 3 is 2.57 bits per heavy atom. The highest BCUT2D eigenvalue weighted by Gasteiger charge is 2.27. The number of rotatable bonds is 5. The topological polar surface area (TPSA) is 66.5 Å². The summed E-state index contributed by atoms with van der Waals surface area (Å²) >= 11 is 0. The molecule has 0 saturated heterocycles. The minimum atomic E-state index is -0.243. The van der Waals surface area contributed by atoms with Gasteiger partial charge in [0.15, 0.2) is 0 Å². The van der Waals surface area contributed by atoms with Crippen LogP contribution in [0.2, 0.25) is 0 Å². The summed E-state index contributed by atoms with van der Waals surface area (Å²) in [5, 5.41) is 3.33. The Morgan fingerprint density at radius 2 is 1.86 bits per heavy atom. The second kappa shape index (κ2) is 6.78. The second-order valence-corrected chi connectivity index (χ2v) is 7.48. The van der Waals surface area contributed by atoms with Crippen LogP contribution in [0, 0.1) is 5.82 Å². The van der Waals surface area contributed by atoms with E-state index in [1.807, 2.05) is 24.3 Å². The zero-order valence-electron chi connectivity index (χ0n) is 15.4. The summed E-state index contributed by atoms with van der Waals surface area (Å²) in [5.74, 6) is 0.675. The SMILES string of the molecule is O=c1c(CCc2ccc(F)cc2)c(C2CCC2)[nH]n1-c1nc2ccccc2[nH]1. The molecule has 5 rings (SSSR count). The average Bonchev–Trinajstić information content (AvgIpc) is 3.21. The average molecular weight is 376 g/mol. The van der Waals surface area contributed by atoms with Gasteiger partial charge in [0.2, 0.25) is 5.95 Å². The lowest BCUT2D eigenvalue weighted by Gasteiger charge is -2.25. The highest BCUT2D eigenvalue weighted by atomic mass is 19.1. The number of para-hydroxylation sites is 2. The smallest absolute Gasteiger partial charge is 0.277 e. The first-order valence-corrected chi connectivity index (χ1v) is 9.72. The van der Waals surface area contributed by atoms with Crippen LogP contribution < -0.4 is 5.56 Å². The summed E-state index contributed by atoms with van der Waals surface area (Å²) in [6.07, 6.45) is 4.72. The van der Waals surface area contributed by atoms with Gasteiger partial charge in [0.05, 0.1) is 11.0 Å². The number of imidazole rings is 1. The number of fused-ring (bicyclic) bond motifs is 1. The Hall–Kier alpha value is -3.15. The molecule has 1 aliphatic carbocycles. The lowest BCUT2D eigenvalue weighted by molar-refractivity contribution is 0.406. The minimum absolute atomic E-state index is 0.0527. The highest BCUT2D eigenvalue weighted by molar-refractivity contribution is 5.75. The van der Waals surface area contributed by atoms with Gasteiger partial charge < -0.3 is 4.98 Å². The van der Waals surface area contributed by atoms with Crippen molar-refractivity contribution < 1.29 is 4.39 Å². The molecule has 5 nitrogen and oxygen atoms in total. The fourth-order valence-electron chi connectivity index (χ4n) is 3.88. The quantitative estimate of drug-likeness (QED) is 0.547. The van der Waals surface area contributed by atoms with E-state index in [1.54, 1.807) is 12.1 Å². The third kappa shape index (κ3) is 2.95. The molecule has 0 atom stereocenters. The van der Waals surface area contributed by atoms with Crippen LogP contribution in [-0.4, -0.2) is 19.7 Å². The van der Waals surface area contributed by atoms with E-state index in [1.165, 1.54) is 23.2 Å². The molecule has 0 amide bonds. The van der Waals surface area contributed by atoms with E-state index in [-0.39, 0.29) is 11.4 Å². The first-order valence-electron chi connectivity index (χ1n) is 9.72. The van der Waals surface area contributed by atoms with Crippen molar-refractivity contribution in [1.82, 2.24) is 19.7 Å². The zero-order valence-corrected chi connectivity index (χ0v) is 15.4. The van der Waals surface area contributed by atoms with Gasteiger partial charge in [0.25, 0.3) is 5.56 Å². The molecule has 1 fully saturated rings. The van der Waals surface area contributed by atoms with E-state index in [4.69, 9.17) is 0 Å². The monoisotopic (exact) mass is 376 g/mol. The van der Waals surface area contributed by atoms with Crippen molar-refractivity contribution in [3.05, 3.63) is 81.5 Å². The summed E-state index contributed by atoms with van der Waals surface area (Å²) in [4.78, 5) is 21.0. The van der Waals surface area contributed by atoms with Gasteiger partial charge in [-0.05, 0) is 55.5 Å². The fourth-order valence-corrected chi connectivity index (χ4v) is 3.88. The molecule has 2 aromatic carbocycles. The second-order valence-electron chi connectivity index (χ2n) is 7.48. The molecule has 0 spiro atoms. The Kier molecular flexibility index (Phi) is 4.11. The standard InChI is InChI=1S/C22H21FN4O/c23-16-11-8-14(9-12-16)10-13-17-20(15-4-3-5-15)26-27(21(17)28)22-24-18-6-1-2-7-19(18)25-22/h1-2,6-9,11-12,15,26H,3-5,10,13H2,(H,24,25). The van der Waals surface area contributed by atoms with Crippen molar-refractivity contribution in [2.75, 3.05) is 0 Å². The van der Waals surface area contributed by atoms with Crippen LogP contribution in [0.5, 0.6) is 0 Å². The number of hydrogen-bond donors (Lipinski definition) is 2. The summed E-state index contributed by atoms with van der Waals surface area (Å²) in [6, 6.07) is 14.2. The van der Waals surface area contributed by atoms with E-state index in [0.29, 0.717) is 24.7 Å². The van der Waals surface area contributed by atoms with E-state index < -0.39 is 0 Å². The first-order chi connectivity index (χ1) is 13.7. The number of H-pyrrole nitrogens is 2. The number of hydrogen-bond acceptors (Lipinski definition) is 2. The molecule has 0 radical (unpaired) electrons. The van der Waals surface area contributed by atoms with Gasteiger partial charge in [-0.15, -0.1) is 0 Å². The van der Waals surface area contributed by atoms with Crippen LogP contribution >= 0.6 is 0 Å². The van der Waals surface area contributed by atoms with E-state index in [0.717, 1.165) is 40.7 Å².